The zero-order valence-electron chi connectivity index (χ0n) is 46.8. The third kappa shape index (κ3) is 16.9. The number of aliphatic hydroxyl groups excluding tert-OH is 4. The van der Waals surface area contributed by atoms with E-state index in [2.05, 4.69) is 133 Å². The van der Waals surface area contributed by atoms with Gasteiger partial charge in [-0.1, -0.05) is 27.7 Å². The molecule has 12 nitrogen and oxygen atoms in total. The standard InChI is InChI=1S/C60H96N4O8/c1-13-25-69-57-49-29-45(41-61(5,6)17-21-65)30-50(57)38-52-32-47(43-63(9,10)19-23-67)34-54(59(52)71-27-15-3)40-56-36-48(44-64(11,12)20-24-68)35-55(60(56)72-28-16-4)39-53-33-46(42-62(7,8)18-22-66)31-51(37-49)58(53)70-26-14-2/h29-36,65-68H,13-28,37-44H2,1-12H3/q+4. The lowest BCUT2D eigenvalue weighted by atomic mass is 9.88. The van der Waals surface area contributed by atoms with Crippen LogP contribution in [0.15, 0.2) is 48.5 Å². The first-order valence-electron chi connectivity index (χ1n) is 27.0. The first-order valence-corrected chi connectivity index (χ1v) is 27.0. The number of ether oxygens (including phenoxy) is 4. The number of rotatable bonds is 28. The fourth-order valence-corrected chi connectivity index (χ4v) is 10.5. The van der Waals surface area contributed by atoms with E-state index in [-0.39, 0.29) is 26.4 Å². The molecule has 0 atom stereocenters. The molecule has 5 rings (SSSR count). The van der Waals surface area contributed by atoms with Crippen molar-refractivity contribution in [2.24, 2.45) is 0 Å². The van der Waals surface area contributed by atoms with Crippen LogP contribution < -0.4 is 18.9 Å². The van der Waals surface area contributed by atoms with Gasteiger partial charge in [-0.25, -0.2) is 0 Å². The Bertz CT molecular complexity index is 1940. The molecule has 0 aromatic heterocycles. The van der Waals surface area contributed by atoms with Crippen molar-refractivity contribution in [3.8, 4) is 23.0 Å². The third-order valence-electron chi connectivity index (χ3n) is 13.8. The first kappa shape index (κ1) is 58.6. The average molecular weight is 1000 g/mol. The van der Waals surface area contributed by atoms with E-state index in [9.17, 15) is 20.4 Å². The molecule has 4 N–H and O–H groups in total. The fourth-order valence-electron chi connectivity index (χ4n) is 10.5. The van der Waals surface area contributed by atoms with Crippen LogP contribution in [0.25, 0.3) is 0 Å². The van der Waals surface area contributed by atoms with Crippen LogP contribution in [0.3, 0.4) is 0 Å². The lowest BCUT2D eigenvalue weighted by Crippen LogP contribution is -2.41. The van der Waals surface area contributed by atoms with Crippen molar-refractivity contribution in [3.63, 3.8) is 0 Å². The SMILES string of the molecule is CCCOc1c2cc(C[N+](C)(C)CCO)cc1Cc1cc(C[N+](C)(C)CCO)cc(c1OCCC)Cc1cc(C[N+](C)(C)CCO)cc(c1OCCC)Cc1cc(C[N+](C)(C)CCO)cc(c1OCCC)C2. The first-order chi connectivity index (χ1) is 34.2. The van der Waals surface area contributed by atoms with Gasteiger partial charge in [0.15, 0.2) is 0 Å². The van der Waals surface area contributed by atoms with E-state index in [1.165, 1.54) is 22.3 Å². The molecule has 1 aliphatic carbocycles. The zero-order valence-corrected chi connectivity index (χ0v) is 46.8. The molecule has 0 unspecified atom stereocenters. The minimum absolute atomic E-state index is 0.0936. The Hall–Kier alpha value is -4.24. The Labute approximate surface area is 434 Å². The molecule has 400 valence electrons. The summed E-state index contributed by atoms with van der Waals surface area (Å²) in [6.07, 6.45) is 5.66. The predicted octanol–water partition coefficient (Wildman–Crippen LogP) is 7.79. The monoisotopic (exact) mass is 1000 g/mol. The van der Waals surface area contributed by atoms with Gasteiger partial charge in [-0.15, -0.1) is 0 Å². The number of nitrogens with zero attached hydrogens (tertiary/aromatic N) is 4. The second kappa shape index (κ2) is 26.8. The normalized spacial score (nSPS) is 13.3. The van der Waals surface area contributed by atoms with Gasteiger partial charge in [-0.3, -0.25) is 0 Å². The molecule has 8 bridgehead atoms. The van der Waals surface area contributed by atoms with Gasteiger partial charge in [-0.05, 0) is 119 Å². The van der Waals surface area contributed by atoms with E-state index < -0.39 is 0 Å². The van der Waals surface area contributed by atoms with Crippen LogP contribution >= 0.6 is 0 Å². The Morgan fingerprint density at radius 3 is 0.625 bits per heavy atom. The van der Waals surface area contributed by atoms with Crippen molar-refractivity contribution in [1.29, 1.82) is 0 Å². The van der Waals surface area contributed by atoms with E-state index in [0.717, 1.165) is 93.2 Å². The van der Waals surface area contributed by atoms with E-state index in [4.69, 9.17) is 18.9 Å². The number of fused-ring (bicyclic) bond motifs is 8. The summed E-state index contributed by atoms with van der Waals surface area (Å²) in [6, 6.07) is 18.7. The van der Waals surface area contributed by atoms with Crippen molar-refractivity contribution in [2.75, 3.05) is 135 Å². The Kier molecular flexibility index (Phi) is 21.8. The van der Waals surface area contributed by atoms with Gasteiger partial charge >= 0.3 is 0 Å². The molecule has 0 aliphatic heterocycles. The van der Waals surface area contributed by atoms with E-state index in [0.29, 0.717) is 122 Å². The summed E-state index contributed by atoms with van der Waals surface area (Å²) in [4.78, 5) is 0. The molecule has 4 aromatic carbocycles. The van der Waals surface area contributed by atoms with E-state index in [1.54, 1.807) is 0 Å². The zero-order chi connectivity index (χ0) is 52.7. The minimum atomic E-state index is 0.0936. The topological polar surface area (TPSA) is 118 Å². The summed E-state index contributed by atoms with van der Waals surface area (Å²) in [7, 11) is 17.4. The van der Waals surface area contributed by atoms with Crippen LogP contribution in [0.4, 0.5) is 0 Å². The number of aliphatic hydroxyl groups is 4. The summed E-state index contributed by atoms with van der Waals surface area (Å²) in [5.74, 6) is 3.57. The highest BCUT2D eigenvalue weighted by Crippen LogP contribution is 2.42. The van der Waals surface area contributed by atoms with Gasteiger partial charge in [0.05, 0.1) is 109 Å². The molecule has 0 saturated heterocycles. The molecule has 0 heterocycles. The second-order valence-electron chi connectivity index (χ2n) is 23.2. The number of benzene rings is 4. The smallest absolute Gasteiger partial charge is 0.126 e. The van der Waals surface area contributed by atoms with Gasteiger partial charge < -0.3 is 57.3 Å². The van der Waals surface area contributed by atoms with Crippen molar-refractivity contribution in [1.82, 2.24) is 0 Å². The van der Waals surface area contributed by atoms with Crippen molar-refractivity contribution < 1.29 is 57.3 Å². The molecule has 0 amide bonds. The van der Waals surface area contributed by atoms with Gasteiger partial charge in [-0.2, -0.15) is 0 Å². The van der Waals surface area contributed by atoms with Gasteiger partial charge in [0.1, 0.15) is 75.4 Å². The predicted molar refractivity (Wildman–Crippen MR) is 291 cm³/mol. The number of hydrogen-bond donors (Lipinski definition) is 4. The Balaban J connectivity index is 2.01. The number of hydrogen-bond acceptors (Lipinski definition) is 8. The number of likely N-dealkylation sites (N-methyl/N-ethyl adjacent to an activating group) is 4. The average Bonchev–Trinajstić information content (AvgIpc) is 3.27. The highest BCUT2D eigenvalue weighted by atomic mass is 16.5. The second-order valence-corrected chi connectivity index (χ2v) is 23.2. The summed E-state index contributed by atoms with van der Waals surface area (Å²) in [5.41, 5.74) is 13.4. The summed E-state index contributed by atoms with van der Waals surface area (Å²) >= 11 is 0. The van der Waals surface area contributed by atoms with Gasteiger partial charge in [0.25, 0.3) is 0 Å². The van der Waals surface area contributed by atoms with Crippen LogP contribution in [0, 0.1) is 0 Å². The third-order valence-corrected chi connectivity index (χ3v) is 13.8. The van der Waals surface area contributed by atoms with Crippen LogP contribution in [0.2, 0.25) is 0 Å². The van der Waals surface area contributed by atoms with Crippen molar-refractivity contribution in [3.05, 3.63) is 115 Å². The van der Waals surface area contributed by atoms with Crippen LogP contribution in [0.5, 0.6) is 23.0 Å². The molecule has 1 aliphatic rings. The van der Waals surface area contributed by atoms with Crippen LogP contribution in [-0.4, -0.2) is 174 Å². The maximum Gasteiger partial charge on any atom is 0.126 e. The molecule has 0 radical (unpaired) electrons. The quantitative estimate of drug-likeness (QED) is 0.0376. The van der Waals surface area contributed by atoms with Crippen molar-refractivity contribution >= 4 is 0 Å². The van der Waals surface area contributed by atoms with Crippen molar-refractivity contribution in [2.45, 2.75) is 105 Å². The molecule has 4 aromatic rings. The van der Waals surface area contributed by atoms with E-state index in [1.807, 2.05) is 0 Å². The molecule has 0 saturated carbocycles. The largest absolute Gasteiger partial charge is 0.493 e. The lowest BCUT2D eigenvalue weighted by Gasteiger charge is -2.31. The Morgan fingerprint density at radius 2 is 0.486 bits per heavy atom. The Morgan fingerprint density at radius 1 is 0.319 bits per heavy atom. The van der Waals surface area contributed by atoms with Gasteiger partial charge in [0.2, 0.25) is 0 Å². The highest BCUT2D eigenvalue weighted by Gasteiger charge is 2.29. The summed E-state index contributed by atoms with van der Waals surface area (Å²) < 4.78 is 30.5. The van der Waals surface area contributed by atoms with Gasteiger partial charge in [0, 0.05) is 47.9 Å². The molecular formula is C60H96N4O8+4. The molecule has 0 fully saturated rings. The maximum atomic E-state index is 10.2. The lowest BCUT2D eigenvalue weighted by molar-refractivity contribution is -0.903. The summed E-state index contributed by atoms with van der Waals surface area (Å²) in [6.45, 7) is 16.6. The molecular weight excluding hydrogens is 905 g/mol. The molecule has 72 heavy (non-hydrogen) atoms. The van der Waals surface area contributed by atoms with E-state index >= 15 is 0 Å². The maximum absolute atomic E-state index is 10.2. The molecule has 0 spiro atoms. The summed E-state index contributed by atoms with van der Waals surface area (Å²) in [5, 5.41) is 40.8. The number of quaternary nitrogens is 4. The molecule has 12 heteroatoms. The highest BCUT2D eigenvalue weighted by molar-refractivity contribution is 5.58. The van der Waals surface area contributed by atoms with Crippen LogP contribution in [0.1, 0.15) is 120 Å². The minimum Gasteiger partial charge on any atom is -0.493 e. The van der Waals surface area contributed by atoms with Crippen LogP contribution in [-0.2, 0) is 51.9 Å². The fraction of sp³-hybridized carbons (Fsp3) is 0.600.